The van der Waals surface area contributed by atoms with Crippen molar-refractivity contribution in [3.63, 3.8) is 0 Å². The van der Waals surface area contributed by atoms with Gasteiger partial charge in [-0.05, 0) is 69.3 Å². The zero-order chi connectivity index (χ0) is 25.7. The molecule has 1 saturated heterocycles. The van der Waals surface area contributed by atoms with Gasteiger partial charge in [-0.25, -0.2) is 4.79 Å². The Morgan fingerprint density at radius 2 is 1.81 bits per heavy atom. The molecule has 0 radical (unpaired) electrons. The number of rotatable bonds is 12. The third-order valence-corrected chi connectivity index (χ3v) is 8.08. The lowest BCUT2D eigenvalue weighted by Crippen LogP contribution is -2.56. The number of nitrogens with one attached hydrogen (secondary N) is 3. The summed E-state index contributed by atoms with van der Waals surface area (Å²) in [4.78, 5) is 51.5. The lowest BCUT2D eigenvalue weighted by atomic mass is 9.81. The molecule has 1 aliphatic heterocycles. The number of aliphatic carboxylic acids is 1. The van der Waals surface area contributed by atoms with E-state index in [9.17, 15) is 29.4 Å². The Balaban J connectivity index is 1.28. The van der Waals surface area contributed by atoms with Crippen LogP contribution in [0.25, 0.3) is 0 Å². The summed E-state index contributed by atoms with van der Waals surface area (Å²) in [7, 11) is 0. The second-order valence-electron chi connectivity index (χ2n) is 10.8. The number of aliphatic hydroxyl groups excluding tert-OH is 1. The fourth-order valence-corrected chi connectivity index (χ4v) is 5.56. The number of carbonyl (C=O) groups excluding carboxylic acids is 3. The molecule has 5 N–H and O–H groups in total. The molecule has 3 aliphatic carbocycles. The number of ketones is 1. The lowest BCUT2D eigenvalue weighted by molar-refractivity contribution is -0.142. The summed E-state index contributed by atoms with van der Waals surface area (Å²) in [6, 6.07) is -2.61. The highest BCUT2D eigenvalue weighted by Crippen LogP contribution is 2.34. The van der Waals surface area contributed by atoms with E-state index in [2.05, 4.69) is 22.0 Å². The Bertz CT molecular complexity index is 868. The van der Waals surface area contributed by atoms with Gasteiger partial charge < -0.3 is 25.7 Å². The zero-order valence-corrected chi connectivity index (χ0v) is 20.9. The smallest absolute Gasteiger partial charge is 0.320 e. The van der Waals surface area contributed by atoms with Crippen LogP contribution in [-0.2, 0) is 14.4 Å². The number of nitrogens with zero attached hydrogens (tertiary/aromatic N) is 1. The van der Waals surface area contributed by atoms with Gasteiger partial charge in [0.25, 0.3) is 0 Å². The van der Waals surface area contributed by atoms with E-state index in [-0.39, 0.29) is 24.2 Å². The summed E-state index contributed by atoms with van der Waals surface area (Å²) in [5.41, 5.74) is 0.961. The number of hydrogen-bond donors (Lipinski definition) is 5. The number of likely N-dealkylation sites (tertiary alicyclic amines) is 1. The molecular weight excluding hydrogens is 464 g/mol. The predicted octanol–water partition coefficient (Wildman–Crippen LogP) is 1.68. The monoisotopic (exact) mass is 504 g/mol. The van der Waals surface area contributed by atoms with Crippen molar-refractivity contribution in [2.24, 2.45) is 11.8 Å². The molecule has 0 aromatic carbocycles. The van der Waals surface area contributed by atoms with E-state index in [1.54, 1.807) is 0 Å². The van der Waals surface area contributed by atoms with E-state index in [0.717, 1.165) is 63.4 Å². The number of carbonyl (C=O) groups is 4. The first kappa shape index (κ1) is 26.6. The van der Waals surface area contributed by atoms with Gasteiger partial charge in [0.05, 0.1) is 12.6 Å². The van der Waals surface area contributed by atoms with E-state index >= 15 is 0 Å². The largest absolute Gasteiger partial charge is 0.480 e. The number of carboxylic acids is 1. The average molecular weight is 505 g/mol. The SMILES string of the molecule is O=C(NCC(=O)N1CCC[C@H]1C(O)N[C@@H](CC1CCC1)C(=O)O)N[C@H](C(=O)C1CC1)C1=CCCCC1. The maximum Gasteiger partial charge on any atom is 0.320 e. The molecule has 36 heavy (non-hydrogen) atoms. The van der Waals surface area contributed by atoms with Crippen molar-refractivity contribution in [2.75, 3.05) is 13.1 Å². The highest BCUT2D eigenvalue weighted by Gasteiger charge is 2.39. The summed E-state index contributed by atoms with van der Waals surface area (Å²) < 4.78 is 0. The highest BCUT2D eigenvalue weighted by molar-refractivity contribution is 5.94. The lowest BCUT2D eigenvalue weighted by Gasteiger charge is -2.33. The van der Waals surface area contributed by atoms with E-state index in [1.807, 2.05) is 0 Å². The van der Waals surface area contributed by atoms with Crippen LogP contribution in [0.2, 0.25) is 0 Å². The van der Waals surface area contributed by atoms with Crippen molar-refractivity contribution in [2.45, 2.75) is 101 Å². The van der Waals surface area contributed by atoms with Crippen LogP contribution in [0.3, 0.4) is 0 Å². The molecule has 10 heteroatoms. The minimum absolute atomic E-state index is 0.0121. The second-order valence-corrected chi connectivity index (χ2v) is 10.8. The Morgan fingerprint density at radius 1 is 1.03 bits per heavy atom. The maximum absolute atomic E-state index is 12.9. The molecule has 3 amide bonds. The van der Waals surface area contributed by atoms with Gasteiger partial charge in [-0.3, -0.25) is 19.7 Å². The fourth-order valence-electron chi connectivity index (χ4n) is 5.56. The van der Waals surface area contributed by atoms with Crippen LogP contribution in [0.4, 0.5) is 4.79 Å². The first-order valence-corrected chi connectivity index (χ1v) is 13.6. The predicted molar refractivity (Wildman–Crippen MR) is 132 cm³/mol. The summed E-state index contributed by atoms with van der Waals surface area (Å²) in [5, 5.41) is 28.5. The van der Waals surface area contributed by atoms with Crippen molar-refractivity contribution in [1.29, 1.82) is 0 Å². The van der Waals surface area contributed by atoms with Crippen LogP contribution in [0.15, 0.2) is 11.6 Å². The van der Waals surface area contributed by atoms with Gasteiger partial charge in [-0.15, -0.1) is 0 Å². The minimum Gasteiger partial charge on any atom is -0.480 e. The van der Waals surface area contributed by atoms with Crippen molar-refractivity contribution in [3.8, 4) is 0 Å². The maximum atomic E-state index is 12.9. The third-order valence-electron chi connectivity index (χ3n) is 8.08. The number of urea groups is 1. The molecule has 4 atom stereocenters. The number of aliphatic hydroxyl groups is 1. The molecule has 3 fully saturated rings. The molecule has 10 nitrogen and oxygen atoms in total. The molecule has 4 rings (SSSR count). The van der Waals surface area contributed by atoms with Crippen LogP contribution in [0.5, 0.6) is 0 Å². The topological polar surface area (TPSA) is 148 Å². The molecule has 2 saturated carbocycles. The van der Waals surface area contributed by atoms with Gasteiger partial charge in [0, 0.05) is 12.5 Å². The van der Waals surface area contributed by atoms with E-state index < -0.39 is 36.4 Å². The molecule has 0 bridgehead atoms. The quantitative estimate of drug-likeness (QED) is 0.201. The Morgan fingerprint density at radius 3 is 2.42 bits per heavy atom. The van der Waals surface area contributed by atoms with E-state index in [4.69, 9.17) is 0 Å². The number of Topliss-reactive ketones (excluding diaryl/α,β-unsaturated/α-hetero) is 1. The normalized spacial score (nSPS) is 24.8. The van der Waals surface area contributed by atoms with Gasteiger partial charge in [-0.2, -0.15) is 0 Å². The van der Waals surface area contributed by atoms with Crippen LogP contribution in [0, 0.1) is 11.8 Å². The van der Waals surface area contributed by atoms with E-state index in [0.29, 0.717) is 31.7 Å². The number of carboxylic acid groups (broad SMARTS) is 1. The summed E-state index contributed by atoms with van der Waals surface area (Å²) in [6.45, 7) is 0.171. The molecule has 4 aliphatic rings. The van der Waals surface area contributed by atoms with Crippen LogP contribution < -0.4 is 16.0 Å². The van der Waals surface area contributed by atoms with Crippen LogP contribution in [-0.4, -0.2) is 76.2 Å². The van der Waals surface area contributed by atoms with Crippen molar-refractivity contribution < 1.29 is 29.4 Å². The first-order chi connectivity index (χ1) is 17.3. The summed E-state index contributed by atoms with van der Waals surface area (Å²) in [5.74, 6) is -0.930. The molecule has 0 spiro atoms. The minimum atomic E-state index is -1.16. The standard InChI is InChI=1S/C26H40N4O6/c31-21(15-27-26(36)29-22(23(32)18-11-12-18)17-8-2-1-3-9-17)30-13-5-10-20(30)24(33)28-19(25(34)35)14-16-6-4-7-16/h8,16,18-20,22,24,28,33H,1-7,9-15H2,(H,34,35)(H2,27,29,36)/t19-,20-,22-,24?/m0/s1. The average Bonchev–Trinajstić information content (AvgIpc) is 3.58. The number of amides is 3. The third kappa shape index (κ3) is 6.85. The van der Waals surface area contributed by atoms with E-state index in [1.165, 1.54) is 4.90 Å². The molecule has 0 aromatic rings. The Hall–Kier alpha value is -2.46. The van der Waals surface area contributed by atoms with Crippen molar-refractivity contribution in [1.82, 2.24) is 20.9 Å². The Kier molecular flexibility index (Phi) is 9.00. The zero-order valence-electron chi connectivity index (χ0n) is 20.9. The molecule has 1 unspecified atom stereocenters. The highest BCUT2D eigenvalue weighted by atomic mass is 16.4. The second kappa shape index (κ2) is 12.2. The Labute approximate surface area is 212 Å². The molecule has 200 valence electrons. The van der Waals surface area contributed by atoms with Gasteiger partial charge in [-0.1, -0.05) is 25.3 Å². The van der Waals surface area contributed by atoms with Gasteiger partial charge in [0.15, 0.2) is 5.78 Å². The van der Waals surface area contributed by atoms with Crippen molar-refractivity contribution in [3.05, 3.63) is 11.6 Å². The summed E-state index contributed by atoms with van der Waals surface area (Å²) in [6.07, 6.45) is 11.2. The first-order valence-electron chi connectivity index (χ1n) is 13.6. The molecule has 0 aromatic heterocycles. The fraction of sp³-hybridized carbons (Fsp3) is 0.769. The van der Waals surface area contributed by atoms with Gasteiger partial charge >= 0.3 is 12.0 Å². The number of hydrogen-bond acceptors (Lipinski definition) is 6. The van der Waals surface area contributed by atoms with Gasteiger partial charge in [0.1, 0.15) is 18.3 Å². The van der Waals surface area contributed by atoms with Crippen LogP contribution >= 0.6 is 0 Å². The van der Waals surface area contributed by atoms with Crippen LogP contribution in [0.1, 0.15) is 77.0 Å². The van der Waals surface area contributed by atoms with Gasteiger partial charge in [0.2, 0.25) is 5.91 Å². The van der Waals surface area contributed by atoms with Crippen molar-refractivity contribution >= 4 is 23.7 Å². The number of allylic oxidation sites excluding steroid dienone is 1. The molecular formula is C26H40N4O6. The summed E-state index contributed by atoms with van der Waals surface area (Å²) >= 11 is 0. The molecule has 1 heterocycles.